The smallest absolute Gasteiger partial charge is 0.317 e. The molecule has 1 aromatic carbocycles. The molecule has 17 heavy (non-hydrogen) atoms. The molecule has 0 aliphatic carbocycles. The van der Waals surface area contributed by atoms with Crippen LogP contribution in [0.3, 0.4) is 0 Å². The zero-order chi connectivity index (χ0) is 13.1. The number of rotatable bonds is 4. The Labute approximate surface area is 100 Å². The highest BCUT2D eigenvalue weighted by Gasteiger charge is 2.30. The summed E-state index contributed by atoms with van der Waals surface area (Å²) in [6.07, 6.45) is -3.61. The molecule has 0 aliphatic heterocycles. The minimum Gasteiger partial charge on any atom is -0.317 e. The van der Waals surface area contributed by atoms with Crippen LogP contribution in [0.25, 0.3) is 0 Å². The van der Waals surface area contributed by atoms with E-state index in [-0.39, 0.29) is 6.04 Å². The van der Waals surface area contributed by atoms with Crippen LogP contribution in [-0.2, 0) is 12.6 Å². The highest BCUT2D eigenvalue weighted by molar-refractivity contribution is 5.26. The Morgan fingerprint density at radius 2 is 1.88 bits per heavy atom. The average molecular weight is 245 g/mol. The molecule has 0 heterocycles. The standard InChI is InChI=1S/C13H18F3N/c1-9(10(2)17-3)7-11-5-4-6-12(8-11)13(14,15)16/h4-6,8-10,17H,7H2,1-3H3. The van der Waals surface area contributed by atoms with Gasteiger partial charge in [-0.15, -0.1) is 0 Å². The third kappa shape index (κ3) is 4.04. The van der Waals surface area contributed by atoms with Crippen LogP contribution >= 0.6 is 0 Å². The Morgan fingerprint density at radius 1 is 1.24 bits per heavy atom. The number of hydrogen-bond acceptors (Lipinski definition) is 1. The zero-order valence-corrected chi connectivity index (χ0v) is 10.3. The van der Waals surface area contributed by atoms with Gasteiger partial charge in [-0.1, -0.05) is 25.1 Å². The molecule has 0 spiro atoms. The molecule has 1 N–H and O–H groups in total. The Balaban J connectivity index is 2.79. The van der Waals surface area contributed by atoms with E-state index in [0.29, 0.717) is 12.3 Å². The van der Waals surface area contributed by atoms with Crippen molar-refractivity contribution >= 4 is 0 Å². The molecule has 4 heteroatoms. The van der Waals surface area contributed by atoms with Crippen molar-refractivity contribution < 1.29 is 13.2 Å². The van der Waals surface area contributed by atoms with Crippen LogP contribution in [0.15, 0.2) is 24.3 Å². The number of hydrogen-bond donors (Lipinski definition) is 1. The van der Waals surface area contributed by atoms with Gasteiger partial charge in [-0.2, -0.15) is 13.2 Å². The maximum atomic E-state index is 12.5. The van der Waals surface area contributed by atoms with Crippen LogP contribution < -0.4 is 5.32 Å². The lowest BCUT2D eigenvalue weighted by Crippen LogP contribution is -2.29. The lowest BCUT2D eigenvalue weighted by molar-refractivity contribution is -0.137. The fourth-order valence-electron chi connectivity index (χ4n) is 1.71. The van der Waals surface area contributed by atoms with Crippen molar-refractivity contribution in [3.05, 3.63) is 35.4 Å². The molecule has 1 aromatic rings. The van der Waals surface area contributed by atoms with Gasteiger partial charge in [-0.3, -0.25) is 0 Å². The van der Waals surface area contributed by atoms with Crippen molar-refractivity contribution in [2.45, 2.75) is 32.5 Å². The normalized spacial score (nSPS) is 15.6. The number of alkyl halides is 3. The topological polar surface area (TPSA) is 12.0 Å². The van der Waals surface area contributed by atoms with E-state index in [1.54, 1.807) is 6.07 Å². The third-order valence-corrected chi connectivity index (χ3v) is 3.12. The van der Waals surface area contributed by atoms with Gasteiger partial charge in [0.2, 0.25) is 0 Å². The Morgan fingerprint density at radius 3 is 2.41 bits per heavy atom. The molecule has 0 aromatic heterocycles. The van der Waals surface area contributed by atoms with Crippen LogP contribution in [0, 0.1) is 5.92 Å². The van der Waals surface area contributed by atoms with Crippen LogP contribution in [0.4, 0.5) is 13.2 Å². The second-order valence-corrected chi connectivity index (χ2v) is 4.46. The van der Waals surface area contributed by atoms with Gasteiger partial charge in [0.15, 0.2) is 0 Å². The Kier molecular flexibility index (Phi) is 4.57. The molecule has 0 fully saturated rings. The fourth-order valence-corrected chi connectivity index (χ4v) is 1.71. The zero-order valence-electron chi connectivity index (χ0n) is 10.3. The van der Waals surface area contributed by atoms with E-state index in [4.69, 9.17) is 0 Å². The lowest BCUT2D eigenvalue weighted by atomic mass is 9.94. The number of nitrogens with one attached hydrogen (secondary N) is 1. The van der Waals surface area contributed by atoms with Gasteiger partial charge in [0.1, 0.15) is 0 Å². The number of halogens is 3. The lowest BCUT2D eigenvalue weighted by Gasteiger charge is -2.19. The summed E-state index contributed by atoms with van der Waals surface area (Å²) in [6.45, 7) is 4.06. The Hall–Kier alpha value is -1.03. The largest absolute Gasteiger partial charge is 0.416 e. The van der Waals surface area contributed by atoms with Crippen molar-refractivity contribution in [3.8, 4) is 0 Å². The average Bonchev–Trinajstić information content (AvgIpc) is 2.27. The van der Waals surface area contributed by atoms with Crippen LogP contribution in [0.2, 0.25) is 0 Å². The second kappa shape index (κ2) is 5.54. The maximum Gasteiger partial charge on any atom is 0.416 e. The van der Waals surface area contributed by atoms with Gasteiger partial charge in [-0.25, -0.2) is 0 Å². The highest BCUT2D eigenvalue weighted by atomic mass is 19.4. The van der Waals surface area contributed by atoms with Gasteiger partial charge in [-0.05, 0) is 37.9 Å². The van der Waals surface area contributed by atoms with Crippen molar-refractivity contribution in [1.29, 1.82) is 0 Å². The van der Waals surface area contributed by atoms with E-state index in [1.807, 2.05) is 20.9 Å². The maximum absolute atomic E-state index is 12.5. The third-order valence-electron chi connectivity index (χ3n) is 3.12. The molecule has 0 saturated carbocycles. The summed E-state index contributed by atoms with van der Waals surface area (Å²) in [7, 11) is 1.85. The summed E-state index contributed by atoms with van der Waals surface area (Å²) >= 11 is 0. The van der Waals surface area contributed by atoms with Gasteiger partial charge >= 0.3 is 6.18 Å². The monoisotopic (exact) mass is 245 g/mol. The molecule has 2 atom stereocenters. The van der Waals surface area contributed by atoms with E-state index in [0.717, 1.165) is 11.6 Å². The van der Waals surface area contributed by atoms with Gasteiger partial charge < -0.3 is 5.32 Å². The van der Waals surface area contributed by atoms with Crippen molar-refractivity contribution in [3.63, 3.8) is 0 Å². The summed E-state index contributed by atoms with van der Waals surface area (Å²) in [5.41, 5.74) is 0.161. The summed E-state index contributed by atoms with van der Waals surface area (Å²) in [4.78, 5) is 0. The molecular formula is C13H18F3N. The van der Waals surface area contributed by atoms with Gasteiger partial charge in [0.25, 0.3) is 0 Å². The predicted octanol–water partition coefficient (Wildman–Crippen LogP) is 3.49. The quantitative estimate of drug-likeness (QED) is 0.856. The highest BCUT2D eigenvalue weighted by Crippen LogP contribution is 2.30. The second-order valence-electron chi connectivity index (χ2n) is 4.46. The van der Waals surface area contributed by atoms with Crippen LogP contribution in [-0.4, -0.2) is 13.1 Å². The molecule has 0 radical (unpaired) electrons. The van der Waals surface area contributed by atoms with E-state index in [2.05, 4.69) is 5.32 Å². The first-order valence-corrected chi connectivity index (χ1v) is 5.68. The van der Waals surface area contributed by atoms with E-state index in [9.17, 15) is 13.2 Å². The van der Waals surface area contributed by atoms with E-state index >= 15 is 0 Å². The molecule has 1 rings (SSSR count). The molecule has 1 nitrogen and oxygen atoms in total. The molecule has 0 bridgehead atoms. The molecule has 96 valence electrons. The fraction of sp³-hybridized carbons (Fsp3) is 0.538. The van der Waals surface area contributed by atoms with Crippen molar-refractivity contribution in [2.75, 3.05) is 7.05 Å². The number of benzene rings is 1. The first-order chi connectivity index (χ1) is 7.84. The molecule has 2 unspecified atom stereocenters. The minimum absolute atomic E-state index is 0.282. The summed E-state index contributed by atoms with van der Waals surface area (Å²) in [5, 5.41) is 3.11. The molecular weight excluding hydrogens is 227 g/mol. The van der Waals surface area contributed by atoms with Gasteiger partial charge in [0.05, 0.1) is 5.56 Å². The summed E-state index contributed by atoms with van der Waals surface area (Å²) in [6, 6.07) is 5.84. The summed E-state index contributed by atoms with van der Waals surface area (Å²) < 4.78 is 37.6. The first kappa shape index (κ1) is 14.0. The molecule has 0 aliphatic rings. The van der Waals surface area contributed by atoms with Crippen molar-refractivity contribution in [1.82, 2.24) is 5.32 Å². The van der Waals surface area contributed by atoms with E-state index in [1.165, 1.54) is 12.1 Å². The molecule has 0 amide bonds. The van der Waals surface area contributed by atoms with Crippen LogP contribution in [0.5, 0.6) is 0 Å². The predicted molar refractivity (Wildman–Crippen MR) is 62.8 cm³/mol. The minimum atomic E-state index is -4.26. The van der Waals surface area contributed by atoms with Gasteiger partial charge in [0, 0.05) is 6.04 Å². The SMILES string of the molecule is CNC(C)C(C)Cc1cccc(C(F)(F)F)c1. The first-order valence-electron chi connectivity index (χ1n) is 5.68. The molecule has 0 saturated heterocycles. The Bertz CT molecular complexity index is 360. The van der Waals surface area contributed by atoms with E-state index < -0.39 is 11.7 Å². The summed E-state index contributed by atoms with van der Waals surface area (Å²) in [5.74, 6) is 0.295. The van der Waals surface area contributed by atoms with Crippen molar-refractivity contribution in [2.24, 2.45) is 5.92 Å². The van der Waals surface area contributed by atoms with Crippen LogP contribution in [0.1, 0.15) is 25.0 Å².